The van der Waals surface area contributed by atoms with Gasteiger partial charge in [0.15, 0.2) is 0 Å². The van der Waals surface area contributed by atoms with Crippen LogP contribution in [0.25, 0.3) is 0 Å². The number of nitrogens with one attached hydrogen (secondary N) is 1. The lowest BCUT2D eigenvalue weighted by molar-refractivity contribution is -0.125. The van der Waals surface area contributed by atoms with E-state index in [-0.39, 0.29) is 11.8 Å². The maximum atomic E-state index is 11.5. The molecule has 3 nitrogen and oxygen atoms in total. The molecule has 94 valence electrons. The van der Waals surface area contributed by atoms with E-state index >= 15 is 0 Å². The molecule has 0 bridgehead atoms. The van der Waals surface area contributed by atoms with Crippen LogP contribution in [0, 0.1) is 5.92 Å². The quantitative estimate of drug-likeness (QED) is 0.789. The number of hydrogen-bond acceptors (Lipinski definition) is 2. The van der Waals surface area contributed by atoms with Gasteiger partial charge in [0, 0.05) is 18.9 Å². The molecule has 17 heavy (non-hydrogen) atoms. The smallest absolute Gasteiger partial charge is 0.222 e. The van der Waals surface area contributed by atoms with Gasteiger partial charge in [0.2, 0.25) is 5.91 Å². The van der Waals surface area contributed by atoms with E-state index in [9.17, 15) is 9.90 Å². The molecule has 0 aliphatic heterocycles. The number of aliphatic hydroxyl groups excluding tert-OH is 1. The molecule has 1 amide bonds. The van der Waals surface area contributed by atoms with Gasteiger partial charge in [-0.3, -0.25) is 4.79 Å². The first-order valence-electron chi connectivity index (χ1n) is 6.13. The maximum Gasteiger partial charge on any atom is 0.222 e. The summed E-state index contributed by atoms with van der Waals surface area (Å²) in [6, 6.07) is 9.78. The van der Waals surface area contributed by atoms with E-state index in [1.165, 1.54) is 0 Å². The van der Waals surface area contributed by atoms with Gasteiger partial charge in [0.25, 0.3) is 0 Å². The molecule has 0 spiro atoms. The van der Waals surface area contributed by atoms with Crippen molar-refractivity contribution in [2.24, 2.45) is 5.92 Å². The van der Waals surface area contributed by atoms with Crippen molar-refractivity contribution in [3.63, 3.8) is 0 Å². The molecule has 2 atom stereocenters. The van der Waals surface area contributed by atoms with Crippen LogP contribution in [0.2, 0.25) is 0 Å². The Morgan fingerprint density at radius 3 is 2.59 bits per heavy atom. The lowest BCUT2D eigenvalue weighted by Crippen LogP contribution is -2.36. The van der Waals surface area contributed by atoms with E-state index in [2.05, 4.69) is 5.32 Å². The Morgan fingerprint density at radius 1 is 1.35 bits per heavy atom. The Kier molecular flexibility index (Phi) is 5.70. The normalized spacial score (nSPS) is 14.1. The highest BCUT2D eigenvalue weighted by Gasteiger charge is 2.12. The summed E-state index contributed by atoms with van der Waals surface area (Å²) >= 11 is 0. The highest BCUT2D eigenvalue weighted by atomic mass is 16.3. The monoisotopic (exact) mass is 235 g/mol. The van der Waals surface area contributed by atoms with Crippen LogP contribution in [0.1, 0.15) is 25.8 Å². The van der Waals surface area contributed by atoms with Crippen LogP contribution in [0.15, 0.2) is 30.3 Å². The van der Waals surface area contributed by atoms with Crippen molar-refractivity contribution in [2.45, 2.75) is 32.8 Å². The Balaban J connectivity index is 2.31. The molecule has 0 unspecified atom stereocenters. The van der Waals surface area contributed by atoms with Gasteiger partial charge in [0.1, 0.15) is 0 Å². The molecule has 1 rings (SSSR count). The number of amides is 1. The maximum absolute atomic E-state index is 11.5. The van der Waals surface area contributed by atoms with Gasteiger partial charge < -0.3 is 10.4 Å². The Hall–Kier alpha value is -1.35. The molecule has 2 N–H and O–H groups in total. The Morgan fingerprint density at radius 2 is 2.00 bits per heavy atom. The molecule has 0 aliphatic carbocycles. The molecule has 0 fully saturated rings. The first-order valence-corrected chi connectivity index (χ1v) is 6.13. The number of aliphatic hydroxyl groups is 1. The summed E-state index contributed by atoms with van der Waals surface area (Å²) < 4.78 is 0. The van der Waals surface area contributed by atoms with Crippen molar-refractivity contribution >= 4 is 5.91 Å². The molecule has 3 heteroatoms. The summed E-state index contributed by atoms with van der Waals surface area (Å²) in [5.41, 5.74) is 1.08. The average Bonchev–Trinajstić information content (AvgIpc) is 2.36. The third-order valence-electron chi connectivity index (χ3n) is 2.89. The summed E-state index contributed by atoms with van der Waals surface area (Å²) in [6.45, 7) is 4.18. The largest absolute Gasteiger partial charge is 0.391 e. The molecular weight excluding hydrogens is 214 g/mol. The summed E-state index contributed by atoms with van der Waals surface area (Å²) in [7, 11) is 0. The zero-order chi connectivity index (χ0) is 12.7. The molecule has 0 radical (unpaired) electrons. The van der Waals surface area contributed by atoms with E-state index in [4.69, 9.17) is 0 Å². The van der Waals surface area contributed by atoms with E-state index in [1.807, 2.05) is 44.2 Å². The third kappa shape index (κ3) is 5.00. The Bertz CT molecular complexity index is 337. The van der Waals surface area contributed by atoms with Crippen LogP contribution < -0.4 is 5.32 Å². The van der Waals surface area contributed by atoms with Crippen LogP contribution in [0.5, 0.6) is 0 Å². The SMILES string of the molecule is CC[C@@H](C)C(=O)NC[C@H](O)Cc1ccccc1. The molecule has 0 heterocycles. The lowest BCUT2D eigenvalue weighted by atomic mass is 10.1. The van der Waals surface area contributed by atoms with Gasteiger partial charge in [-0.05, 0) is 12.0 Å². The summed E-state index contributed by atoms with van der Waals surface area (Å²) in [6.07, 6.45) is 0.868. The summed E-state index contributed by atoms with van der Waals surface area (Å²) in [4.78, 5) is 11.5. The standard InChI is InChI=1S/C14H21NO2/c1-3-11(2)14(17)15-10-13(16)9-12-7-5-4-6-8-12/h4-8,11,13,16H,3,9-10H2,1-2H3,(H,15,17)/t11-,13-/m1/s1. The molecule has 0 saturated heterocycles. The van der Waals surface area contributed by atoms with Crippen LogP contribution in [-0.4, -0.2) is 23.7 Å². The fourth-order valence-electron chi connectivity index (χ4n) is 1.54. The van der Waals surface area contributed by atoms with Crippen molar-refractivity contribution in [3.8, 4) is 0 Å². The second-order valence-electron chi connectivity index (χ2n) is 4.40. The number of rotatable bonds is 6. The first kappa shape index (κ1) is 13.7. The van der Waals surface area contributed by atoms with Crippen LogP contribution in [0.3, 0.4) is 0 Å². The number of carbonyl (C=O) groups is 1. The average molecular weight is 235 g/mol. The van der Waals surface area contributed by atoms with Crippen molar-refractivity contribution in [1.29, 1.82) is 0 Å². The summed E-state index contributed by atoms with van der Waals surface area (Å²) in [5, 5.41) is 12.6. The minimum atomic E-state index is -0.523. The summed E-state index contributed by atoms with van der Waals surface area (Å²) in [5.74, 6) is 0.0264. The third-order valence-corrected chi connectivity index (χ3v) is 2.89. The van der Waals surface area contributed by atoms with Gasteiger partial charge in [-0.2, -0.15) is 0 Å². The van der Waals surface area contributed by atoms with Gasteiger partial charge in [-0.25, -0.2) is 0 Å². The topological polar surface area (TPSA) is 49.3 Å². The minimum Gasteiger partial charge on any atom is -0.391 e. The van der Waals surface area contributed by atoms with E-state index in [0.717, 1.165) is 12.0 Å². The van der Waals surface area contributed by atoms with Crippen LogP contribution in [0.4, 0.5) is 0 Å². The zero-order valence-electron chi connectivity index (χ0n) is 10.5. The second-order valence-corrected chi connectivity index (χ2v) is 4.40. The van der Waals surface area contributed by atoms with Crippen molar-refractivity contribution < 1.29 is 9.90 Å². The minimum absolute atomic E-state index is 0.0129. The Labute approximate surface area is 103 Å². The predicted octanol–water partition coefficient (Wildman–Crippen LogP) is 1.75. The molecule has 1 aromatic rings. The van der Waals surface area contributed by atoms with Gasteiger partial charge in [-0.1, -0.05) is 44.2 Å². The van der Waals surface area contributed by atoms with Crippen molar-refractivity contribution in [2.75, 3.05) is 6.54 Å². The van der Waals surface area contributed by atoms with Crippen LogP contribution in [-0.2, 0) is 11.2 Å². The highest BCUT2D eigenvalue weighted by Crippen LogP contribution is 2.03. The van der Waals surface area contributed by atoms with E-state index in [0.29, 0.717) is 13.0 Å². The van der Waals surface area contributed by atoms with Gasteiger partial charge in [0.05, 0.1) is 6.10 Å². The molecule has 0 aromatic heterocycles. The molecule has 0 aliphatic rings. The molecule has 1 aromatic carbocycles. The van der Waals surface area contributed by atoms with E-state index in [1.54, 1.807) is 0 Å². The van der Waals surface area contributed by atoms with Crippen LogP contribution >= 0.6 is 0 Å². The first-order chi connectivity index (χ1) is 8.13. The highest BCUT2D eigenvalue weighted by molar-refractivity contribution is 5.78. The lowest BCUT2D eigenvalue weighted by Gasteiger charge is -2.14. The number of hydrogen-bond donors (Lipinski definition) is 2. The van der Waals surface area contributed by atoms with E-state index < -0.39 is 6.10 Å². The fourth-order valence-corrected chi connectivity index (χ4v) is 1.54. The fraction of sp³-hybridized carbons (Fsp3) is 0.500. The van der Waals surface area contributed by atoms with Crippen molar-refractivity contribution in [3.05, 3.63) is 35.9 Å². The van der Waals surface area contributed by atoms with Crippen molar-refractivity contribution in [1.82, 2.24) is 5.32 Å². The number of benzene rings is 1. The predicted molar refractivity (Wildman–Crippen MR) is 68.6 cm³/mol. The second kappa shape index (κ2) is 7.07. The molecule has 0 saturated carbocycles. The zero-order valence-corrected chi connectivity index (χ0v) is 10.5. The van der Waals surface area contributed by atoms with Gasteiger partial charge in [-0.15, -0.1) is 0 Å². The number of carbonyl (C=O) groups excluding carboxylic acids is 1. The van der Waals surface area contributed by atoms with Gasteiger partial charge >= 0.3 is 0 Å². The molecular formula is C14H21NO2.